The SMILES string of the molecule is COC(=O)C(N)CCC(F)F. The maximum absolute atomic E-state index is 11.6. The van der Waals surface area contributed by atoms with Crippen molar-refractivity contribution in [1.29, 1.82) is 0 Å². The zero-order valence-corrected chi connectivity index (χ0v) is 6.22. The van der Waals surface area contributed by atoms with Crippen LogP contribution in [0.2, 0.25) is 0 Å². The largest absolute Gasteiger partial charge is 0.468 e. The minimum absolute atomic E-state index is 0.0374. The first-order valence-corrected chi connectivity index (χ1v) is 3.19. The molecule has 3 nitrogen and oxygen atoms in total. The maximum atomic E-state index is 11.6. The van der Waals surface area contributed by atoms with Gasteiger partial charge in [-0.15, -0.1) is 0 Å². The second kappa shape index (κ2) is 5.01. The summed E-state index contributed by atoms with van der Waals surface area (Å²) in [6.07, 6.45) is -2.81. The Morgan fingerprint density at radius 2 is 2.09 bits per heavy atom. The molecule has 0 saturated heterocycles. The molecule has 0 saturated carbocycles. The van der Waals surface area contributed by atoms with Crippen LogP contribution in [0.15, 0.2) is 0 Å². The van der Waals surface area contributed by atoms with E-state index in [1.165, 1.54) is 7.11 Å². The van der Waals surface area contributed by atoms with Gasteiger partial charge in [-0.2, -0.15) is 0 Å². The summed E-state index contributed by atoms with van der Waals surface area (Å²) in [5.74, 6) is -0.648. The van der Waals surface area contributed by atoms with E-state index in [9.17, 15) is 13.6 Å². The molecule has 11 heavy (non-hydrogen) atoms. The van der Waals surface area contributed by atoms with Crippen LogP contribution in [0.5, 0.6) is 0 Å². The molecule has 1 unspecified atom stereocenters. The third-order valence-corrected chi connectivity index (χ3v) is 1.20. The van der Waals surface area contributed by atoms with Crippen molar-refractivity contribution in [2.45, 2.75) is 25.3 Å². The van der Waals surface area contributed by atoms with Gasteiger partial charge in [0.2, 0.25) is 6.43 Å². The van der Waals surface area contributed by atoms with Crippen LogP contribution in [0.25, 0.3) is 0 Å². The number of alkyl halides is 2. The number of carbonyl (C=O) groups is 1. The van der Waals surface area contributed by atoms with Crippen LogP contribution in [0.3, 0.4) is 0 Å². The summed E-state index contributed by atoms with van der Waals surface area (Å²) in [7, 11) is 1.17. The van der Waals surface area contributed by atoms with Crippen molar-refractivity contribution in [3.8, 4) is 0 Å². The lowest BCUT2D eigenvalue weighted by atomic mass is 10.2. The average molecular weight is 167 g/mol. The molecular formula is C6H11F2NO2. The molecule has 0 fully saturated rings. The van der Waals surface area contributed by atoms with Crippen LogP contribution in [0, 0.1) is 0 Å². The summed E-state index contributed by atoms with van der Waals surface area (Å²) in [6.45, 7) is 0. The van der Waals surface area contributed by atoms with Crippen molar-refractivity contribution < 1.29 is 18.3 Å². The van der Waals surface area contributed by atoms with Gasteiger partial charge in [-0.05, 0) is 6.42 Å². The van der Waals surface area contributed by atoms with Gasteiger partial charge in [0.15, 0.2) is 0 Å². The first-order chi connectivity index (χ1) is 5.07. The van der Waals surface area contributed by atoms with Gasteiger partial charge in [-0.3, -0.25) is 4.79 Å². The van der Waals surface area contributed by atoms with Gasteiger partial charge >= 0.3 is 5.97 Å². The molecule has 0 rings (SSSR count). The lowest BCUT2D eigenvalue weighted by molar-refractivity contribution is -0.142. The predicted octanol–water partition coefficient (Wildman–Crippen LogP) is 0.532. The first kappa shape index (κ1) is 10.3. The second-order valence-corrected chi connectivity index (χ2v) is 2.10. The lowest BCUT2D eigenvalue weighted by Gasteiger charge is -2.07. The van der Waals surface area contributed by atoms with E-state index >= 15 is 0 Å². The van der Waals surface area contributed by atoms with E-state index in [1.54, 1.807) is 0 Å². The molecule has 2 N–H and O–H groups in total. The molecule has 0 aromatic rings. The molecule has 0 heterocycles. The van der Waals surface area contributed by atoms with Gasteiger partial charge < -0.3 is 10.5 Å². The topological polar surface area (TPSA) is 52.3 Å². The molecule has 66 valence electrons. The molecule has 1 atom stereocenters. The Balaban J connectivity index is 3.52. The van der Waals surface area contributed by atoms with Crippen molar-refractivity contribution >= 4 is 5.97 Å². The van der Waals surface area contributed by atoms with E-state index in [4.69, 9.17) is 5.73 Å². The van der Waals surface area contributed by atoms with Gasteiger partial charge in [-0.1, -0.05) is 0 Å². The van der Waals surface area contributed by atoms with Crippen molar-refractivity contribution in [3.63, 3.8) is 0 Å². The van der Waals surface area contributed by atoms with Crippen molar-refractivity contribution in [2.24, 2.45) is 5.73 Å². The lowest BCUT2D eigenvalue weighted by Crippen LogP contribution is -2.31. The smallest absolute Gasteiger partial charge is 0.322 e. The fourth-order valence-corrected chi connectivity index (χ4v) is 0.575. The van der Waals surface area contributed by atoms with E-state index < -0.39 is 18.4 Å². The molecule has 0 aliphatic carbocycles. The second-order valence-electron chi connectivity index (χ2n) is 2.10. The van der Waals surface area contributed by atoms with E-state index in [1.807, 2.05) is 0 Å². The highest BCUT2D eigenvalue weighted by molar-refractivity contribution is 5.75. The quantitative estimate of drug-likeness (QED) is 0.621. The molecule has 0 amide bonds. The maximum Gasteiger partial charge on any atom is 0.322 e. The first-order valence-electron chi connectivity index (χ1n) is 3.19. The highest BCUT2D eigenvalue weighted by Crippen LogP contribution is 2.05. The van der Waals surface area contributed by atoms with E-state index in [0.29, 0.717) is 0 Å². The van der Waals surface area contributed by atoms with Crippen LogP contribution >= 0.6 is 0 Å². The van der Waals surface area contributed by atoms with E-state index in [0.717, 1.165) is 0 Å². The number of hydrogen-bond acceptors (Lipinski definition) is 3. The minimum atomic E-state index is -2.41. The average Bonchev–Trinajstić information content (AvgIpc) is 1.98. The van der Waals surface area contributed by atoms with Crippen molar-refractivity contribution in [3.05, 3.63) is 0 Å². The third-order valence-electron chi connectivity index (χ3n) is 1.20. The van der Waals surface area contributed by atoms with Crippen LogP contribution in [-0.2, 0) is 9.53 Å². The number of halogens is 2. The summed E-state index contributed by atoms with van der Waals surface area (Å²) in [5.41, 5.74) is 5.17. The minimum Gasteiger partial charge on any atom is -0.468 e. The van der Waals surface area contributed by atoms with Gasteiger partial charge in [-0.25, -0.2) is 8.78 Å². The van der Waals surface area contributed by atoms with E-state index in [2.05, 4.69) is 4.74 Å². The molecule has 0 aromatic carbocycles. The number of rotatable bonds is 4. The van der Waals surface area contributed by atoms with Crippen LogP contribution in [-0.4, -0.2) is 25.5 Å². The molecule has 0 radical (unpaired) electrons. The van der Waals surface area contributed by atoms with Crippen LogP contribution < -0.4 is 5.73 Å². The Hall–Kier alpha value is -0.710. The Morgan fingerprint density at radius 3 is 2.45 bits per heavy atom. The third kappa shape index (κ3) is 4.66. The zero-order chi connectivity index (χ0) is 8.85. The van der Waals surface area contributed by atoms with Crippen LogP contribution in [0.4, 0.5) is 8.78 Å². The van der Waals surface area contributed by atoms with Gasteiger partial charge in [0.25, 0.3) is 0 Å². The van der Waals surface area contributed by atoms with E-state index in [-0.39, 0.29) is 12.8 Å². The Morgan fingerprint density at radius 1 is 1.55 bits per heavy atom. The number of ether oxygens (including phenoxy) is 1. The highest BCUT2D eigenvalue weighted by atomic mass is 19.3. The molecule has 0 aliphatic rings. The number of hydrogen-bond donors (Lipinski definition) is 1. The van der Waals surface area contributed by atoms with Gasteiger partial charge in [0.1, 0.15) is 6.04 Å². The summed E-state index contributed by atoms with van der Waals surface area (Å²) in [5, 5.41) is 0. The van der Waals surface area contributed by atoms with Crippen molar-refractivity contribution in [2.75, 3.05) is 7.11 Å². The van der Waals surface area contributed by atoms with Gasteiger partial charge in [0.05, 0.1) is 7.11 Å². The molecule has 0 bridgehead atoms. The predicted molar refractivity (Wildman–Crippen MR) is 35.2 cm³/mol. The fourth-order valence-electron chi connectivity index (χ4n) is 0.575. The summed E-state index contributed by atoms with van der Waals surface area (Å²) in [6, 6.07) is -0.922. The number of esters is 1. The normalized spacial score (nSPS) is 13.2. The molecule has 0 aromatic heterocycles. The molecule has 0 spiro atoms. The van der Waals surface area contributed by atoms with Crippen molar-refractivity contribution in [1.82, 2.24) is 0 Å². The Labute approximate surface area is 63.5 Å². The number of nitrogens with two attached hydrogens (primary N) is 1. The number of carbonyl (C=O) groups excluding carboxylic acids is 1. The Bertz CT molecular complexity index is 130. The summed E-state index contributed by atoms with van der Waals surface area (Å²) >= 11 is 0. The molecule has 5 heteroatoms. The summed E-state index contributed by atoms with van der Waals surface area (Å²) < 4.78 is 27.3. The standard InChI is InChI=1S/C6H11F2NO2/c1-11-6(10)4(9)2-3-5(7)8/h4-5H,2-3,9H2,1H3. The zero-order valence-electron chi connectivity index (χ0n) is 6.22. The summed E-state index contributed by atoms with van der Waals surface area (Å²) in [4.78, 5) is 10.5. The molecular weight excluding hydrogens is 156 g/mol. The highest BCUT2D eigenvalue weighted by Gasteiger charge is 2.15. The van der Waals surface area contributed by atoms with Crippen LogP contribution in [0.1, 0.15) is 12.8 Å². The van der Waals surface area contributed by atoms with Gasteiger partial charge in [0, 0.05) is 6.42 Å². The fraction of sp³-hybridized carbons (Fsp3) is 0.833. The Kier molecular flexibility index (Phi) is 4.69. The molecule has 0 aliphatic heterocycles. The monoisotopic (exact) mass is 167 g/mol. The number of methoxy groups -OCH3 is 1.